The van der Waals surface area contributed by atoms with Crippen LogP contribution >= 0.6 is 0 Å². The molecule has 0 fully saturated rings. The van der Waals surface area contributed by atoms with Gasteiger partial charge in [-0.15, -0.1) is 0 Å². The maximum Gasteiger partial charge on any atom is 2.00 e. The van der Waals surface area contributed by atoms with Gasteiger partial charge in [0.15, 0.2) is 0 Å². The third-order valence-electron chi connectivity index (χ3n) is 0. The van der Waals surface area contributed by atoms with E-state index in [-0.39, 0.29) is 167 Å². The Morgan fingerprint density at radius 1 is 1.20 bits per heavy atom. The van der Waals surface area contributed by atoms with Crippen molar-refractivity contribution in [2.24, 2.45) is 0 Å². The normalized spacial score (nSPS) is 0. The van der Waals surface area contributed by atoms with Crippen molar-refractivity contribution in [1.82, 2.24) is 0 Å². The summed E-state index contributed by atoms with van der Waals surface area (Å²) >= 11 is 0. The SMILES string of the molecule is [Ca+2].[H-].[H-].[H-].[H-].[H-].[H-].[K+].[Mg+2].[Mn].[Na+]. The van der Waals surface area contributed by atoms with Crippen LogP contribution in [-0.4, -0.2) is 60.8 Å². The van der Waals surface area contributed by atoms with Gasteiger partial charge >= 0.3 is 142 Å². The summed E-state index contributed by atoms with van der Waals surface area (Å²) in [6.07, 6.45) is 0. The van der Waals surface area contributed by atoms with Gasteiger partial charge in [-0.3, -0.25) is 0 Å². The Bertz CT molecular complexity index is 22.5. The van der Waals surface area contributed by atoms with E-state index in [2.05, 4.69) is 0 Å². The molecule has 19 valence electrons. The molecular formula is H6CaKMgMnNa. The zero-order valence-corrected chi connectivity index (χ0v) is 13.7. The smallest absolute Gasteiger partial charge is 1.00 e. The summed E-state index contributed by atoms with van der Waals surface area (Å²) in [5.41, 5.74) is 0. The van der Waals surface area contributed by atoms with Crippen molar-refractivity contribution in [3.8, 4) is 0 Å². The topological polar surface area (TPSA) is 0 Å². The molecule has 0 aromatic carbocycles. The molecule has 0 aromatic rings. The third-order valence-corrected chi connectivity index (χ3v) is 0. The van der Waals surface area contributed by atoms with Gasteiger partial charge in [0.1, 0.15) is 0 Å². The molecule has 0 nitrogen and oxygen atoms in total. The van der Waals surface area contributed by atoms with Crippen LogP contribution in [0, 0.1) is 0 Å². The summed E-state index contributed by atoms with van der Waals surface area (Å²) in [4.78, 5) is 0. The summed E-state index contributed by atoms with van der Waals surface area (Å²) in [7, 11) is 0. The maximum atomic E-state index is 0. The Kier molecular flexibility index (Phi) is 146. The third kappa shape index (κ3) is 17.6. The van der Waals surface area contributed by atoms with Crippen molar-refractivity contribution in [1.29, 1.82) is 0 Å². The van der Waals surface area contributed by atoms with Gasteiger partial charge in [-0.25, -0.2) is 0 Å². The number of rotatable bonds is 0. The molecule has 0 rings (SSSR count). The molecule has 0 unspecified atom stereocenters. The van der Waals surface area contributed by atoms with E-state index in [4.69, 9.17) is 0 Å². The standard InChI is InChI=1S/Ca.K.Mg.Mn.Na.6H/q+2;+1;+2;;+1;6*-1. The molecule has 0 aliphatic carbocycles. The minimum absolute atomic E-state index is 0. The fourth-order valence-corrected chi connectivity index (χ4v) is 0. The van der Waals surface area contributed by atoms with Crippen molar-refractivity contribution in [2.45, 2.75) is 0 Å². The minimum atomic E-state index is 0. The zero-order valence-electron chi connectivity index (χ0n) is 9.79. The van der Waals surface area contributed by atoms with Crippen LogP contribution < -0.4 is 80.9 Å². The van der Waals surface area contributed by atoms with Crippen molar-refractivity contribution < 1.29 is 107 Å². The average molecular weight is 187 g/mol. The van der Waals surface area contributed by atoms with Crippen LogP contribution in [0.1, 0.15) is 8.56 Å². The summed E-state index contributed by atoms with van der Waals surface area (Å²) < 4.78 is 0. The van der Waals surface area contributed by atoms with Gasteiger partial charge in [0.05, 0.1) is 0 Å². The van der Waals surface area contributed by atoms with Crippen molar-refractivity contribution in [3.05, 3.63) is 0 Å². The van der Waals surface area contributed by atoms with E-state index < -0.39 is 0 Å². The molecule has 0 aliphatic heterocycles. The molecule has 0 bridgehead atoms. The van der Waals surface area contributed by atoms with E-state index >= 15 is 0 Å². The molecule has 0 amide bonds. The van der Waals surface area contributed by atoms with Gasteiger partial charge in [0.2, 0.25) is 0 Å². The van der Waals surface area contributed by atoms with Crippen LogP contribution in [0.15, 0.2) is 0 Å². The second-order valence-electron chi connectivity index (χ2n) is 0. The molecule has 0 spiro atoms. The van der Waals surface area contributed by atoms with Gasteiger partial charge in [0.25, 0.3) is 0 Å². The van der Waals surface area contributed by atoms with Gasteiger partial charge in [0, 0.05) is 17.1 Å². The quantitative estimate of drug-likeness (QED) is 0.331. The van der Waals surface area contributed by atoms with E-state index in [1.807, 2.05) is 0 Å². The predicted octanol–water partition coefficient (Wildman–Crippen LogP) is -6.08. The summed E-state index contributed by atoms with van der Waals surface area (Å²) in [5, 5.41) is 0. The molecule has 5 heteroatoms. The first kappa shape index (κ1) is 32.0. The van der Waals surface area contributed by atoms with E-state index in [1.54, 1.807) is 0 Å². The molecule has 0 atom stereocenters. The van der Waals surface area contributed by atoms with Crippen LogP contribution in [0.4, 0.5) is 0 Å². The van der Waals surface area contributed by atoms with Gasteiger partial charge < -0.3 is 8.56 Å². The molecule has 1 radical (unpaired) electrons. The van der Waals surface area contributed by atoms with Crippen molar-refractivity contribution >= 4 is 60.8 Å². The summed E-state index contributed by atoms with van der Waals surface area (Å²) in [5.74, 6) is 0. The number of hydrogen-bond acceptors (Lipinski definition) is 0. The Balaban J connectivity index is 0. The summed E-state index contributed by atoms with van der Waals surface area (Å²) in [6.45, 7) is 0. The summed E-state index contributed by atoms with van der Waals surface area (Å²) in [6, 6.07) is 0. The minimum Gasteiger partial charge on any atom is -1.00 e. The first-order valence-corrected chi connectivity index (χ1v) is 0. The maximum absolute atomic E-state index is 0. The number of hydrogen-bond donors (Lipinski definition) is 0. The fraction of sp³-hybridized carbons (Fsp3) is 0. The van der Waals surface area contributed by atoms with E-state index in [0.717, 1.165) is 0 Å². The Hall–Kier alpha value is 5.18. The zero-order chi connectivity index (χ0) is 0. The molecule has 0 N–H and O–H groups in total. The predicted molar refractivity (Wildman–Crippen MR) is 18.2 cm³/mol. The van der Waals surface area contributed by atoms with Gasteiger partial charge in [-0.1, -0.05) is 0 Å². The van der Waals surface area contributed by atoms with Crippen LogP contribution in [0.5, 0.6) is 0 Å². The Morgan fingerprint density at radius 3 is 1.20 bits per heavy atom. The molecule has 0 saturated carbocycles. The molecule has 0 aliphatic rings. The molecule has 0 aromatic heterocycles. The van der Waals surface area contributed by atoms with E-state index in [0.29, 0.717) is 0 Å². The average Bonchev–Trinajstić information content (AvgIpc) is 0. The molecule has 0 saturated heterocycles. The monoisotopic (exact) mass is 187 g/mol. The van der Waals surface area contributed by atoms with Gasteiger partial charge in [-0.2, -0.15) is 0 Å². The van der Waals surface area contributed by atoms with E-state index in [1.165, 1.54) is 0 Å². The second kappa shape index (κ2) is 22.9. The molecular weight excluding hydrogens is 181 g/mol. The van der Waals surface area contributed by atoms with Gasteiger partial charge in [-0.05, 0) is 0 Å². The molecule has 0 heterocycles. The first-order chi connectivity index (χ1) is 0. The molecule has 5 heavy (non-hydrogen) atoms. The van der Waals surface area contributed by atoms with Crippen LogP contribution in [0.3, 0.4) is 0 Å². The largest absolute Gasteiger partial charge is 2.00 e. The van der Waals surface area contributed by atoms with Crippen LogP contribution in [0.2, 0.25) is 0 Å². The van der Waals surface area contributed by atoms with Crippen LogP contribution in [0.25, 0.3) is 0 Å². The first-order valence-electron chi connectivity index (χ1n) is 0. The van der Waals surface area contributed by atoms with Crippen molar-refractivity contribution in [3.63, 3.8) is 0 Å². The Labute approximate surface area is 163 Å². The van der Waals surface area contributed by atoms with Crippen molar-refractivity contribution in [2.75, 3.05) is 0 Å². The van der Waals surface area contributed by atoms with E-state index in [9.17, 15) is 0 Å². The Morgan fingerprint density at radius 2 is 1.20 bits per heavy atom. The second-order valence-corrected chi connectivity index (χ2v) is 0. The van der Waals surface area contributed by atoms with Crippen LogP contribution in [-0.2, 0) is 17.1 Å². The fourth-order valence-electron chi connectivity index (χ4n) is 0.